The second-order valence-corrected chi connectivity index (χ2v) is 41.5. The summed E-state index contributed by atoms with van der Waals surface area (Å²) >= 11 is 50.2. The van der Waals surface area contributed by atoms with Crippen molar-refractivity contribution in [3.8, 4) is 0 Å². The number of carbonyl (C=O) groups excluding carboxylic acids is 2. The van der Waals surface area contributed by atoms with Gasteiger partial charge in [0.15, 0.2) is 45.5 Å². The number of hydrogen-bond donors (Lipinski definition) is 4. The third kappa shape index (κ3) is 21.7. The molecule has 8 fully saturated rings. The van der Waals surface area contributed by atoms with Crippen LogP contribution in [-0.4, -0.2) is 288 Å². The largest absolute Gasteiger partial charge is 0.395 e. The lowest BCUT2D eigenvalue weighted by atomic mass is 9.80. The van der Waals surface area contributed by atoms with E-state index in [1.807, 2.05) is 85.9 Å². The minimum atomic E-state index is -0.260. The highest BCUT2D eigenvalue weighted by Crippen LogP contribution is 2.43. The standard InChI is InChI=1S/2C25H30Cl2N6O2.2C24H30Cl2N6O/c2*1-15(20-6-5-19(26)10-21(20)27)33-25-24(23(30-33)16(2)35)28-11-22(29-25)32-13-18(14-32)17-4-3-7-31(12-17)8-9-34;2*1-15-23-24(32(29-15)16(2)20-6-5-19(25)10-21(20)26)28-22(11-27-23)31-13-18(14-31)17-4-3-7-30(12-17)8-9-33/h2*5-6,10-11,15,17-18,34H,3-4,7-9,12-14H2,1-2H3;2*5-6,10-11,16-18,33H,3-4,7-9,12-14H2,1-2H3/t15-,17+;15-,17-;16-,17+;16-,17-/m1111/s1. The molecular formula is C98H120Cl8N24O6. The molecule has 0 saturated carbocycles. The minimum Gasteiger partial charge on any atom is -0.395 e. The van der Waals surface area contributed by atoms with Crippen LogP contribution in [0.2, 0.25) is 40.2 Å². The van der Waals surface area contributed by atoms with Crippen molar-refractivity contribution >= 4 is 172 Å². The number of rotatable bonds is 26. The first-order valence-electron chi connectivity index (χ1n) is 47.7. The van der Waals surface area contributed by atoms with Crippen molar-refractivity contribution in [1.82, 2.24) is 98.6 Å². The molecule has 8 aliphatic rings. The molecule has 0 unspecified atom stereocenters. The molecule has 0 amide bonds. The Labute approximate surface area is 832 Å². The Bertz CT molecular complexity index is 5880. The van der Waals surface area contributed by atoms with Gasteiger partial charge >= 0.3 is 0 Å². The monoisotopic (exact) mass is 2010 g/mol. The van der Waals surface area contributed by atoms with Crippen molar-refractivity contribution in [3.05, 3.63) is 183 Å². The maximum absolute atomic E-state index is 12.3. The second kappa shape index (κ2) is 43.8. The number of Topliss-reactive ketones (excluding diaryl/α,β-unsaturated/α-hetero) is 2. The molecular weight excluding hydrogens is 1890 g/mol. The second-order valence-electron chi connectivity index (χ2n) is 38.1. The number of halogens is 8. The smallest absolute Gasteiger partial charge is 0.182 e. The van der Waals surface area contributed by atoms with E-state index in [4.69, 9.17) is 133 Å². The summed E-state index contributed by atoms with van der Waals surface area (Å²) in [6, 6.07) is 21.1. The molecule has 0 aliphatic carbocycles. The molecule has 0 radical (unpaired) electrons. The summed E-state index contributed by atoms with van der Waals surface area (Å²) in [4.78, 5) is 81.7. The van der Waals surface area contributed by atoms with Crippen LogP contribution in [0.4, 0.5) is 23.3 Å². The molecule has 8 saturated heterocycles. The van der Waals surface area contributed by atoms with Crippen LogP contribution in [0.15, 0.2) is 97.6 Å². The number of aliphatic hydroxyl groups excluding tert-OH is 4. The van der Waals surface area contributed by atoms with E-state index in [9.17, 15) is 30.0 Å². The molecule has 8 atom stereocenters. The van der Waals surface area contributed by atoms with E-state index in [0.29, 0.717) is 121 Å². The van der Waals surface area contributed by atoms with Crippen LogP contribution in [0.1, 0.15) is 172 Å². The van der Waals surface area contributed by atoms with E-state index in [1.54, 1.807) is 58.2 Å². The zero-order valence-corrected chi connectivity index (χ0v) is 84.2. The van der Waals surface area contributed by atoms with Crippen molar-refractivity contribution in [2.45, 2.75) is 131 Å². The summed E-state index contributed by atoms with van der Waals surface area (Å²) in [5.41, 5.74) is 11.3. The van der Waals surface area contributed by atoms with E-state index in [0.717, 1.165) is 210 Å². The Morgan fingerprint density at radius 2 is 0.559 bits per heavy atom. The van der Waals surface area contributed by atoms with Crippen molar-refractivity contribution in [1.29, 1.82) is 0 Å². The van der Waals surface area contributed by atoms with Gasteiger partial charge in [0.1, 0.15) is 45.3 Å². The number of β-amino-alcohol motifs (C(OH)–C–C–N with tert-alkyl or cyclic N) is 4. The number of aryl methyl sites for hydroxylation is 2. The van der Waals surface area contributed by atoms with E-state index in [-0.39, 0.29) is 62.2 Å². The first-order chi connectivity index (χ1) is 65.6. The molecule has 4 aromatic carbocycles. The number of carbonyl (C=O) groups is 2. The molecule has 38 heteroatoms. The third-order valence-corrected chi connectivity index (χ3v) is 31.4. The maximum atomic E-state index is 12.3. The van der Waals surface area contributed by atoms with Gasteiger partial charge in [-0.15, -0.1) is 0 Å². The van der Waals surface area contributed by atoms with Gasteiger partial charge in [-0.2, -0.15) is 20.4 Å². The van der Waals surface area contributed by atoms with Crippen LogP contribution >= 0.6 is 92.8 Å². The molecule has 136 heavy (non-hydrogen) atoms. The zero-order chi connectivity index (χ0) is 95.6. The lowest BCUT2D eigenvalue weighted by Crippen LogP contribution is -2.54. The summed E-state index contributed by atoms with van der Waals surface area (Å²) in [6.07, 6.45) is 17.1. The number of aromatic nitrogens is 16. The van der Waals surface area contributed by atoms with Crippen molar-refractivity contribution < 1.29 is 30.0 Å². The summed E-state index contributed by atoms with van der Waals surface area (Å²) in [6.45, 7) is 35.4. The van der Waals surface area contributed by atoms with Gasteiger partial charge in [-0.1, -0.05) is 117 Å². The molecule has 8 aromatic heterocycles. The van der Waals surface area contributed by atoms with Crippen LogP contribution in [0.5, 0.6) is 0 Å². The van der Waals surface area contributed by atoms with Crippen molar-refractivity contribution in [2.75, 3.05) is 177 Å². The highest BCUT2D eigenvalue weighted by atomic mass is 35.5. The highest BCUT2D eigenvalue weighted by molar-refractivity contribution is 6.37. The van der Waals surface area contributed by atoms with Crippen LogP contribution in [-0.2, 0) is 0 Å². The van der Waals surface area contributed by atoms with Crippen LogP contribution in [0.25, 0.3) is 44.7 Å². The number of benzene rings is 4. The quantitative estimate of drug-likeness (QED) is 0.0366. The summed E-state index contributed by atoms with van der Waals surface area (Å²) in [7, 11) is 0. The van der Waals surface area contributed by atoms with Crippen molar-refractivity contribution in [3.63, 3.8) is 0 Å². The summed E-state index contributed by atoms with van der Waals surface area (Å²) in [5.74, 6) is 8.31. The number of anilines is 4. The minimum absolute atomic E-state index is 0.0978. The number of likely N-dealkylation sites (tertiary alicyclic amines) is 4. The fourth-order valence-corrected chi connectivity index (χ4v) is 23.5. The third-order valence-electron chi connectivity index (χ3n) is 29.1. The van der Waals surface area contributed by atoms with E-state index < -0.39 is 0 Å². The average Bonchev–Trinajstić information content (AvgIpc) is 1.60. The van der Waals surface area contributed by atoms with Crippen LogP contribution in [0.3, 0.4) is 0 Å². The Balaban J connectivity index is 0.000000126. The van der Waals surface area contributed by atoms with Gasteiger partial charge in [-0.3, -0.25) is 9.59 Å². The van der Waals surface area contributed by atoms with E-state index in [1.165, 1.54) is 65.2 Å². The number of aliphatic hydroxyl groups is 4. The molecule has 0 spiro atoms. The lowest BCUT2D eigenvalue weighted by molar-refractivity contribution is 0.100. The molecule has 4 N–H and O–H groups in total. The van der Waals surface area contributed by atoms with Gasteiger partial charge in [-0.25, -0.2) is 58.6 Å². The van der Waals surface area contributed by atoms with E-state index >= 15 is 0 Å². The molecule has 12 aromatic rings. The predicted molar refractivity (Wildman–Crippen MR) is 540 cm³/mol. The first-order valence-corrected chi connectivity index (χ1v) is 50.7. The molecule has 16 heterocycles. The fourth-order valence-electron chi connectivity index (χ4n) is 21.2. The van der Waals surface area contributed by atoms with Gasteiger partial charge < -0.3 is 59.6 Å². The highest BCUT2D eigenvalue weighted by Gasteiger charge is 2.43. The Hall–Kier alpha value is -8.38. The number of piperidine rings is 4. The normalized spacial score (nSPS) is 20.6. The van der Waals surface area contributed by atoms with Crippen LogP contribution < -0.4 is 19.6 Å². The fraction of sp³-hybridized carbons (Fsp3) is 0.531. The van der Waals surface area contributed by atoms with Gasteiger partial charge in [-0.05, 0) is 237 Å². The van der Waals surface area contributed by atoms with E-state index in [2.05, 4.69) is 73.2 Å². The lowest BCUT2D eigenvalue weighted by Gasteiger charge is -2.47. The number of fused-ring (bicyclic) bond motifs is 4. The molecule has 20 rings (SSSR count). The Kier molecular flexibility index (Phi) is 31.9. The molecule has 8 aliphatic heterocycles. The molecule has 724 valence electrons. The van der Waals surface area contributed by atoms with Crippen LogP contribution in [0, 0.1) is 61.2 Å². The number of ketones is 2. The zero-order valence-electron chi connectivity index (χ0n) is 78.2. The SMILES string of the molecule is CC(=O)c1nn([C@H](C)c2ccc(Cl)cc2Cl)c2nc(N3CC([C@@H]4CCCN(CCO)C4)C3)cnc12.CC(=O)c1nn([C@H](C)c2ccc(Cl)cc2Cl)c2nc(N3CC([C@H]4CCCN(CCO)C4)C3)cnc12.Cc1nn([C@H](C)c2ccc(Cl)cc2Cl)c2nc(N3CC([C@@H]4CCCN(CCO)C4)C3)cnc12.Cc1nn([C@H](C)c2ccc(Cl)cc2Cl)c2nc(N3CC([C@H]4CCCN(CCO)C4)C3)cnc12. The summed E-state index contributed by atoms with van der Waals surface area (Å²) in [5, 5.41) is 60.4. The maximum Gasteiger partial charge on any atom is 0.182 e. The first kappa shape index (κ1) is 99.2. The molecule has 30 nitrogen and oxygen atoms in total. The Morgan fingerprint density at radius 1 is 0.331 bits per heavy atom. The molecule has 0 bridgehead atoms. The van der Waals surface area contributed by atoms with Crippen molar-refractivity contribution in [2.24, 2.45) is 47.3 Å². The van der Waals surface area contributed by atoms with Gasteiger partial charge in [0.25, 0.3) is 0 Å². The topological polar surface area (TPSA) is 315 Å². The predicted octanol–water partition coefficient (Wildman–Crippen LogP) is 16.6. The average molecular weight is 2010 g/mol. The van der Waals surface area contributed by atoms with Gasteiger partial charge in [0.2, 0.25) is 0 Å². The Morgan fingerprint density at radius 3 is 0.787 bits per heavy atom. The van der Waals surface area contributed by atoms with Gasteiger partial charge in [0.05, 0.1) is 86.8 Å². The van der Waals surface area contributed by atoms with Gasteiger partial charge in [0, 0.05) is 159 Å². The number of nitrogens with zero attached hydrogens (tertiary/aromatic N) is 24. The number of hydrogen-bond acceptors (Lipinski definition) is 26. The summed E-state index contributed by atoms with van der Waals surface area (Å²) < 4.78 is 7.31.